The fraction of sp³-hybridized carbons (Fsp3) is 0.389. The van der Waals surface area contributed by atoms with Gasteiger partial charge in [-0.1, -0.05) is 25.5 Å². The van der Waals surface area contributed by atoms with Crippen LogP contribution in [0.5, 0.6) is 0 Å². The second-order valence-corrected chi connectivity index (χ2v) is 5.33. The van der Waals surface area contributed by atoms with Gasteiger partial charge in [0.25, 0.3) is 0 Å². The molecular weight excluding hydrogens is 264 g/mol. The summed E-state index contributed by atoms with van der Waals surface area (Å²) in [6.07, 6.45) is 12.1. The molecule has 1 aliphatic rings. The number of hydrogen-bond donors (Lipinski definition) is 0. The number of carbonyl (C=O) groups is 1. The van der Waals surface area contributed by atoms with E-state index in [1.165, 1.54) is 0 Å². The molecule has 0 saturated carbocycles. The van der Waals surface area contributed by atoms with Crippen molar-refractivity contribution in [2.45, 2.75) is 44.6 Å². The Morgan fingerprint density at radius 3 is 2.86 bits per heavy atom. The SMILES string of the molecule is C=CCC1OC(=O)C=C1Cc1cocc1C(C=C)CCC. The monoisotopic (exact) mass is 286 g/mol. The number of allylic oxidation sites excluding steroid dienone is 1. The second-order valence-electron chi connectivity index (χ2n) is 5.33. The van der Waals surface area contributed by atoms with Crippen LogP contribution in [0.4, 0.5) is 0 Å². The van der Waals surface area contributed by atoms with Gasteiger partial charge in [0, 0.05) is 30.4 Å². The minimum atomic E-state index is -0.268. The van der Waals surface area contributed by atoms with E-state index >= 15 is 0 Å². The summed E-state index contributed by atoms with van der Waals surface area (Å²) in [6, 6.07) is 0. The largest absolute Gasteiger partial charge is 0.472 e. The van der Waals surface area contributed by atoms with Crippen LogP contribution in [0.3, 0.4) is 0 Å². The molecule has 0 spiro atoms. The molecular formula is C18H22O3. The molecule has 1 aliphatic heterocycles. The molecule has 112 valence electrons. The first-order chi connectivity index (χ1) is 10.2. The summed E-state index contributed by atoms with van der Waals surface area (Å²) in [5.74, 6) is 0.0240. The van der Waals surface area contributed by atoms with Gasteiger partial charge in [-0.3, -0.25) is 0 Å². The van der Waals surface area contributed by atoms with Crippen molar-refractivity contribution < 1.29 is 13.9 Å². The van der Waals surface area contributed by atoms with Crippen LogP contribution in [0.25, 0.3) is 0 Å². The van der Waals surface area contributed by atoms with E-state index in [1.807, 2.05) is 6.08 Å². The lowest BCUT2D eigenvalue weighted by Crippen LogP contribution is -2.12. The quantitative estimate of drug-likeness (QED) is 0.528. The average Bonchev–Trinajstić information content (AvgIpc) is 3.04. The highest BCUT2D eigenvalue weighted by atomic mass is 16.5. The standard InChI is InChI=1S/C18H22O3/c1-4-7-13(6-3)16-12-20-11-15(16)9-14-10-18(19)21-17(14)8-5-2/h5-6,10-13,17H,2-4,7-9H2,1H3. The van der Waals surface area contributed by atoms with E-state index in [0.717, 1.165) is 29.5 Å². The molecule has 0 N–H and O–H groups in total. The number of furan rings is 1. The van der Waals surface area contributed by atoms with Crippen LogP contribution in [0, 0.1) is 0 Å². The van der Waals surface area contributed by atoms with Crippen molar-refractivity contribution in [1.82, 2.24) is 0 Å². The van der Waals surface area contributed by atoms with E-state index in [0.29, 0.717) is 18.8 Å². The minimum absolute atomic E-state index is 0.189. The smallest absolute Gasteiger partial charge is 0.331 e. The molecule has 1 aromatic rings. The third kappa shape index (κ3) is 3.54. The van der Waals surface area contributed by atoms with Crippen LogP contribution in [-0.4, -0.2) is 12.1 Å². The summed E-state index contributed by atoms with van der Waals surface area (Å²) in [4.78, 5) is 11.5. The molecule has 3 heteroatoms. The minimum Gasteiger partial charge on any atom is -0.472 e. The van der Waals surface area contributed by atoms with Gasteiger partial charge >= 0.3 is 5.97 Å². The normalized spacial score (nSPS) is 19.0. The van der Waals surface area contributed by atoms with Crippen LogP contribution in [0.15, 0.2) is 53.9 Å². The number of cyclic esters (lactones) is 1. The van der Waals surface area contributed by atoms with Crippen molar-refractivity contribution in [2.75, 3.05) is 0 Å². The summed E-state index contributed by atoms with van der Waals surface area (Å²) >= 11 is 0. The molecule has 3 nitrogen and oxygen atoms in total. The highest BCUT2D eigenvalue weighted by Crippen LogP contribution is 2.30. The van der Waals surface area contributed by atoms with Crippen molar-refractivity contribution in [3.8, 4) is 0 Å². The zero-order chi connectivity index (χ0) is 15.2. The van der Waals surface area contributed by atoms with Crippen LogP contribution < -0.4 is 0 Å². The molecule has 0 fully saturated rings. The number of rotatable bonds is 8. The lowest BCUT2D eigenvalue weighted by molar-refractivity contribution is -0.138. The van der Waals surface area contributed by atoms with Gasteiger partial charge in [-0.15, -0.1) is 13.2 Å². The Morgan fingerprint density at radius 2 is 2.19 bits per heavy atom. The topological polar surface area (TPSA) is 39.4 Å². The lowest BCUT2D eigenvalue weighted by Gasteiger charge is -2.14. The van der Waals surface area contributed by atoms with Gasteiger partial charge in [0.15, 0.2) is 0 Å². The predicted octanol–water partition coefficient (Wildman–Crippen LogP) is 4.32. The molecule has 0 aromatic carbocycles. The number of esters is 1. The zero-order valence-corrected chi connectivity index (χ0v) is 12.5. The summed E-state index contributed by atoms with van der Waals surface area (Å²) in [7, 11) is 0. The zero-order valence-electron chi connectivity index (χ0n) is 12.5. The number of carbonyl (C=O) groups excluding carboxylic acids is 1. The van der Waals surface area contributed by atoms with Gasteiger partial charge in [0.1, 0.15) is 6.10 Å². The van der Waals surface area contributed by atoms with Crippen LogP contribution in [0.2, 0.25) is 0 Å². The van der Waals surface area contributed by atoms with Crippen molar-refractivity contribution in [3.63, 3.8) is 0 Å². The average molecular weight is 286 g/mol. The maximum Gasteiger partial charge on any atom is 0.331 e. The molecule has 1 aromatic heterocycles. The van der Waals surface area contributed by atoms with Gasteiger partial charge in [-0.2, -0.15) is 0 Å². The third-order valence-corrected chi connectivity index (χ3v) is 3.81. The second kappa shape index (κ2) is 7.11. The Labute approximate surface area is 126 Å². The summed E-state index contributed by atoms with van der Waals surface area (Å²) in [5.41, 5.74) is 3.25. The van der Waals surface area contributed by atoms with E-state index in [4.69, 9.17) is 9.15 Å². The van der Waals surface area contributed by atoms with E-state index in [2.05, 4.69) is 20.1 Å². The molecule has 2 unspecified atom stereocenters. The molecule has 2 heterocycles. The maximum atomic E-state index is 11.5. The van der Waals surface area contributed by atoms with E-state index < -0.39 is 0 Å². The van der Waals surface area contributed by atoms with Crippen molar-refractivity contribution in [3.05, 3.63) is 60.6 Å². The summed E-state index contributed by atoms with van der Waals surface area (Å²) < 4.78 is 10.7. The molecule has 0 amide bonds. The van der Waals surface area contributed by atoms with Gasteiger partial charge in [-0.25, -0.2) is 4.79 Å². The van der Waals surface area contributed by atoms with Crippen molar-refractivity contribution in [2.24, 2.45) is 0 Å². The fourth-order valence-electron chi connectivity index (χ4n) is 2.74. The fourth-order valence-corrected chi connectivity index (χ4v) is 2.74. The van der Waals surface area contributed by atoms with Crippen LogP contribution in [-0.2, 0) is 16.0 Å². The van der Waals surface area contributed by atoms with Gasteiger partial charge in [-0.05, 0) is 17.6 Å². The van der Waals surface area contributed by atoms with E-state index in [1.54, 1.807) is 24.7 Å². The van der Waals surface area contributed by atoms with E-state index in [9.17, 15) is 4.79 Å². The number of ether oxygens (including phenoxy) is 1. The first kappa shape index (κ1) is 15.4. The van der Waals surface area contributed by atoms with Crippen LogP contribution >= 0.6 is 0 Å². The third-order valence-electron chi connectivity index (χ3n) is 3.81. The highest BCUT2D eigenvalue weighted by Gasteiger charge is 2.26. The molecule has 2 atom stereocenters. The lowest BCUT2D eigenvalue weighted by atomic mass is 9.90. The molecule has 0 radical (unpaired) electrons. The maximum absolute atomic E-state index is 11.5. The first-order valence-corrected chi connectivity index (χ1v) is 7.39. The molecule has 0 saturated heterocycles. The molecule has 21 heavy (non-hydrogen) atoms. The molecule has 2 rings (SSSR count). The Morgan fingerprint density at radius 1 is 1.38 bits per heavy atom. The molecule has 0 bridgehead atoms. The van der Waals surface area contributed by atoms with Crippen molar-refractivity contribution in [1.29, 1.82) is 0 Å². The Bertz CT molecular complexity index is 551. The highest BCUT2D eigenvalue weighted by molar-refractivity contribution is 5.86. The number of hydrogen-bond acceptors (Lipinski definition) is 3. The Hall–Kier alpha value is -2.03. The van der Waals surface area contributed by atoms with Gasteiger partial charge in [0.05, 0.1) is 12.5 Å². The Balaban J connectivity index is 2.18. The van der Waals surface area contributed by atoms with Crippen LogP contribution in [0.1, 0.15) is 43.2 Å². The van der Waals surface area contributed by atoms with E-state index in [-0.39, 0.29) is 12.1 Å². The predicted molar refractivity (Wildman–Crippen MR) is 83.0 cm³/mol. The summed E-state index contributed by atoms with van der Waals surface area (Å²) in [6.45, 7) is 9.79. The van der Waals surface area contributed by atoms with Gasteiger partial charge < -0.3 is 9.15 Å². The first-order valence-electron chi connectivity index (χ1n) is 7.39. The van der Waals surface area contributed by atoms with Crippen molar-refractivity contribution >= 4 is 5.97 Å². The molecule has 0 aliphatic carbocycles. The van der Waals surface area contributed by atoms with Gasteiger partial charge in [0.2, 0.25) is 0 Å². The summed E-state index contributed by atoms with van der Waals surface area (Å²) in [5, 5.41) is 0. The Kier molecular flexibility index (Phi) is 5.20.